The number of para-hydroxylation sites is 3. The van der Waals surface area contributed by atoms with Gasteiger partial charge in [-0.25, -0.2) is 0 Å². The van der Waals surface area contributed by atoms with Crippen LogP contribution in [-0.4, -0.2) is 46.2 Å². The molecule has 0 bridgehead atoms. The summed E-state index contributed by atoms with van der Waals surface area (Å²) in [5, 5.41) is 28.3. The molecule has 3 aromatic carbocycles. The van der Waals surface area contributed by atoms with E-state index < -0.39 is 9.85 Å². The van der Waals surface area contributed by atoms with Crippen molar-refractivity contribution in [1.82, 2.24) is 0 Å². The summed E-state index contributed by atoms with van der Waals surface area (Å²) in [5.74, 6) is 0. The van der Waals surface area contributed by atoms with E-state index in [1.807, 2.05) is 37.3 Å². The lowest BCUT2D eigenvalue weighted by molar-refractivity contribution is -0.384. The third kappa shape index (κ3) is 27.4. The zero-order chi connectivity index (χ0) is 54.3. The number of nitro groups is 2. The van der Waals surface area contributed by atoms with Gasteiger partial charge in [-0.2, -0.15) is 0 Å². The molecule has 0 amide bonds. The number of aliphatic hydroxyl groups is 1. The summed E-state index contributed by atoms with van der Waals surface area (Å²) >= 11 is 22.0. The van der Waals surface area contributed by atoms with Crippen molar-refractivity contribution in [3.05, 3.63) is 130 Å². The maximum atomic E-state index is 11.0. The Kier molecular flexibility index (Phi) is 36.6. The van der Waals surface area contributed by atoms with E-state index in [9.17, 15) is 20.2 Å². The first-order valence-corrected chi connectivity index (χ1v) is 31.1. The van der Waals surface area contributed by atoms with Gasteiger partial charge in [-0.3, -0.25) is 20.2 Å². The lowest BCUT2D eigenvalue weighted by atomic mass is 9.88. The van der Waals surface area contributed by atoms with Crippen LogP contribution in [0.3, 0.4) is 0 Å². The number of thiophene rings is 3. The molecule has 0 spiro atoms. The quantitative estimate of drug-likeness (QED) is 0.0272. The second-order valence-corrected chi connectivity index (χ2v) is 40.2. The summed E-state index contributed by atoms with van der Waals surface area (Å²) in [6, 6.07) is 27.6. The van der Waals surface area contributed by atoms with Crippen molar-refractivity contribution >= 4 is 232 Å². The number of nitrogen functional groups attached to an aromatic ring is 4. The van der Waals surface area contributed by atoms with Crippen molar-refractivity contribution in [2.45, 2.75) is 89.2 Å². The first-order valence-electron chi connectivity index (χ1n) is 20.6. The van der Waals surface area contributed by atoms with Crippen LogP contribution in [0.15, 0.2) is 95.5 Å². The molecule has 24 heteroatoms. The van der Waals surface area contributed by atoms with Gasteiger partial charge in [-0.15, -0.1) is 34.0 Å². The second kappa shape index (κ2) is 35.8. The fourth-order valence-electron chi connectivity index (χ4n) is 5.18. The number of benzene rings is 3. The van der Waals surface area contributed by atoms with Crippen molar-refractivity contribution in [2.24, 2.45) is 0 Å². The molecule has 394 valence electrons. The van der Waals surface area contributed by atoms with Crippen LogP contribution in [0.25, 0.3) is 20.9 Å². The van der Waals surface area contributed by atoms with Crippen molar-refractivity contribution in [1.29, 1.82) is 0 Å². The van der Waals surface area contributed by atoms with Crippen LogP contribution < -0.4 is 27.7 Å². The van der Waals surface area contributed by atoms with Gasteiger partial charge in [-0.05, 0) is 143 Å². The number of anilines is 4. The number of nitrogens with zero attached hydrogens (tertiary/aromatic N) is 2. The second-order valence-electron chi connectivity index (χ2n) is 15.2. The number of halogens is 7. The third-order valence-electron chi connectivity index (χ3n) is 8.85. The number of hydrogen-bond acceptors (Lipinski definition) is 14. The number of aryl methyl sites for hydroxylation is 3. The highest BCUT2D eigenvalue weighted by Crippen LogP contribution is 2.39. The van der Waals surface area contributed by atoms with Crippen LogP contribution in [0.2, 0.25) is 0 Å². The van der Waals surface area contributed by atoms with Gasteiger partial charge in [0.25, 0.3) is 0 Å². The van der Waals surface area contributed by atoms with Gasteiger partial charge < -0.3 is 37.3 Å². The zero-order valence-corrected chi connectivity index (χ0v) is 57.5. The molecule has 0 saturated carbocycles. The monoisotopic (exact) mass is 1770 g/mol. The van der Waals surface area contributed by atoms with Crippen molar-refractivity contribution < 1.29 is 24.3 Å². The average molecular weight is 1770 g/mol. The van der Waals surface area contributed by atoms with E-state index in [-0.39, 0.29) is 48.5 Å². The van der Waals surface area contributed by atoms with Crippen molar-refractivity contribution in [3.8, 4) is 20.9 Å². The molecule has 0 aliphatic carbocycles. The first kappa shape index (κ1) is 72.6. The van der Waals surface area contributed by atoms with E-state index in [1.165, 1.54) is 36.5 Å². The van der Waals surface area contributed by atoms with E-state index in [1.54, 1.807) is 53.0 Å². The highest BCUT2D eigenvalue weighted by atomic mass is 127. The van der Waals surface area contributed by atoms with Gasteiger partial charge in [0.15, 0.2) is 0 Å². The smallest absolute Gasteiger partial charge is 0.400 e. The van der Waals surface area contributed by atoms with Crippen molar-refractivity contribution in [3.63, 3.8) is 0 Å². The minimum Gasteiger partial charge on any atom is -0.400 e. The van der Waals surface area contributed by atoms with Crippen LogP contribution in [0.1, 0.15) is 70.5 Å². The molecule has 1 aliphatic heterocycles. The van der Waals surface area contributed by atoms with E-state index in [0.717, 1.165) is 29.1 Å². The Morgan fingerprint density at radius 3 is 1.37 bits per heavy atom. The predicted octanol–water partition coefficient (Wildman–Crippen LogP) is 17.3. The molecule has 1 saturated heterocycles. The number of aliphatic hydroxyl groups excluding tert-OH is 1. The minimum absolute atomic E-state index is 0. The topological polar surface area (TPSA) is 229 Å². The van der Waals surface area contributed by atoms with Gasteiger partial charge in [0, 0.05) is 41.8 Å². The molecule has 0 atom stereocenters. The van der Waals surface area contributed by atoms with Gasteiger partial charge in [0.2, 0.25) is 0 Å². The molecular weight excluding hydrogens is 1710 g/mol. The Hall–Kier alpha value is -0.435. The van der Waals surface area contributed by atoms with E-state index in [2.05, 4.69) is 238 Å². The fourth-order valence-corrected chi connectivity index (χ4v) is 8.35. The standard InChI is InChI=1S/C11H17BO2S.C11H10N2O2S.C11H12N2S.C6H5BrN2O2.C2H3I3.C2H4I2.C2H5I.CH4O.CH4/c1-8-6-7-9(15-8)12-13-10(2,3)11(4,5)14-12;1-7-5-6-10(16-7)8-3-2-4-9(12)11(8)13(14)15;1-7-5-6-10(14-7)8-3-2-4-9(12)11(8)13;7-4-2-1-3-5(8)6(4)9(10)11;1-2(3,4)5;1-2(3)4;1-2-3;1-2;/h6-7H,1-5H3;2-6H,12H2,1H3;2-6H,12-13H2,1H3;1-3H,8H2;1H3;2H,1H3;2H2,1H3;2H,1H3;1H4. The van der Waals surface area contributed by atoms with Gasteiger partial charge in [0.05, 0.1) is 44.4 Å². The lowest BCUT2D eigenvalue weighted by Crippen LogP contribution is -2.41. The Morgan fingerprint density at radius 2 is 1.03 bits per heavy atom. The van der Waals surface area contributed by atoms with Crippen LogP contribution in [-0.2, 0) is 9.31 Å². The molecule has 1 aliphatic rings. The average Bonchev–Trinajstić information content (AvgIpc) is 4.03. The summed E-state index contributed by atoms with van der Waals surface area (Å²) in [6.07, 6.45) is 0. The van der Waals surface area contributed by atoms with Crippen LogP contribution in [0.4, 0.5) is 34.1 Å². The predicted molar refractivity (Wildman–Crippen MR) is 366 cm³/mol. The normalized spacial score (nSPS) is 12.5. The molecule has 0 radical (unpaired) electrons. The fraction of sp³-hybridized carbons (Fsp3) is 0.362. The Balaban J connectivity index is 0. The first-order chi connectivity index (χ1) is 32.4. The highest BCUT2D eigenvalue weighted by molar-refractivity contribution is 14.3. The molecule has 6 aromatic rings. The van der Waals surface area contributed by atoms with E-state index in [0.29, 0.717) is 20.8 Å². The number of alkyl halides is 6. The number of nitrogens with two attached hydrogens (primary N) is 4. The van der Waals surface area contributed by atoms with E-state index in [4.69, 9.17) is 37.3 Å². The SMILES string of the molecule is C.CC(I)(I)I.CC(I)I.CCI.CO.Cc1ccc(-c2cccc(N)c2N)s1.Cc1ccc(-c2cccc(N)c2[N+](=O)[O-])s1.Cc1ccc(B2OC(C)(C)C(C)(C)O2)s1.Nc1cccc(Br)c1[N+](=O)[O-]. The Labute approximate surface area is 523 Å². The molecule has 7 rings (SSSR count). The Morgan fingerprint density at radius 1 is 0.690 bits per heavy atom. The zero-order valence-electron chi connectivity index (χ0n) is 40.5. The van der Waals surface area contributed by atoms with Gasteiger partial charge in [-0.1, -0.05) is 180 Å². The number of nitro benzene ring substituents is 2. The molecule has 1 fully saturated rings. The molecular formula is C47H64BBrI6N6O7S3. The van der Waals surface area contributed by atoms with Crippen LogP contribution >= 0.6 is 185 Å². The number of rotatable bonds is 5. The summed E-state index contributed by atoms with van der Waals surface area (Å²) in [5.41, 5.74) is 25.4. The van der Waals surface area contributed by atoms with Crippen molar-refractivity contribution in [2.75, 3.05) is 34.5 Å². The van der Waals surface area contributed by atoms with Crippen LogP contribution in [0.5, 0.6) is 0 Å². The van der Waals surface area contributed by atoms with Gasteiger partial charge in [0.1, 0.15) is 10.8 Å². The maximum Gasteiger partial charge on any atom is 0.505 e. The van der Waals surface area contributed by atoms with Crippen LogP contribution in [0, 0.1) is 41.0 Å². The number of hydrogen-bond donors (Lipinski definition) is 5. The molecule has 13 nitrogen and oxygen atoms in total. The molecule has 71 heavy (non-hydrogen) atoms. The maximum absolute atomic E-state index is 11.0. The lowest BCUT2D eigenvalue weighted by Gasteiger charge is -2.32. The molecule has 3 aromatic heterocycles. The molecule has 4 heterocycles. The molecule has 9 N–H and O–H groups in total. The van der Waals surface area contributed by atoms with E-state index >= 15 is 0 Å². The summed E-state index contributed by atoms with van der Waals surface area (Å²) in [7, 11) is 0.800. The summed E-state index contributed by atoms with van der Waals surface area (Å²) in [4.78, 5) is 26.1. The summed E-state index contributed by atoms with van der Waals surface area (Å²) < 4.78 is 15.9. The Bertz CT molecular complexity index is 2480. The highest BCUT2D eigenvalue weighted by Gasteiger charge is 2.52. The van der Waals surface area contributed by atoms with Gasteiger partial charge >= 0.3 is 18.5 Å². The molecule has 0 unspecified atom stereocenters. The largest absolute Gasteiger partial charge is 0.505 e. The summed E-state index contributed by atoms with van der Waals surface area (Å²) in [6.45, 7) is 20.8. The minimum atomic E-state index is -0.514. The third-order valence-corrected chi connectivity index (χ3v) is 12.6.